The molecule has 154 valence electrons. The van der Waals surface area contributed by atoms with Gasteiger partial charge in [0.25, 0.3) is 11.5 Å². The lowest BCUT2D eigenvalue weighted by molar-refractivity contribution is -0.132. The second kappa shape index (κ2) is 7.11. The Kier molecular flexibility index (Phi) is 4.57. The van der Waals surface area contributed by atoms with Crippen LogP contribution < -0.4 is 15.0 Å². The smallest absolute Gasteiger partial charge is 0.357 e. The lowest BCUT2D eigenvalue weighted by atomic mass is 10.00. The number of fused-ring (bicyclic) bond motifs is 2. The number of nitrogens with zero attached hydrogens (tertiary/aromatic N) is 1. The van der Waals surface area contributed by atoms with Crippen LogP contribution in [0.15, 0.2) is 32.4 Å². The predicted molar refractivity (Wildman–Crippen MR) is 110 cm³/mol. The third-order valence-electron chi connectivity index (χ3n) is 4.79. The van der Waals surface area contributed by atoms with E-state index in [9.17, 15) is 14.7 Å². The second-order valence-electron chi connectivity index (χ2n) is 6.58. The number of H-pyrrole nitrogens is 1. The summed E-state index contributed by atoms with van der Waals surface area (Å²) in [7, 11) is 4.25. The first kappa shape index (κ1) is 19.3. The molecule has 0 unspecified atom stereocenters. The highest BCUT2D eigenvalue weighted by atomic mass is 16.5. The van der Waals surface area contributed by atoms with Crippen molar-refractivity contribution in [3.8, 4) is 17.4 Å². The molecule has 1 aliphatic rings. The number of aromatic nitrogens is 1. The largest absolute Gasteiger partial charge is 0.493 e. The van der Waals surface area contributed by atoms with E-state index in [1.807, 2.05) is 0 Å². The fraction of sp³-hybridized carbons (Fsp3) is 0.190. The Hall–Kier alpha value is -4.01. The van der Waals surface area contributed by atoms with Crippen molar-refractivity contribution in [2.24, 2.45) is 4.99 Å². The van der Waals surface area contributed by atoms with Gasteiger partial charge in [-0.15, -0.1) is 0 Å². The van der Waals surface area contributed by atoms with Crippen molar-refractivity contribution in [3.63, 3.8) is 0 Å². The van der Waals surface area contributed by atoms with E-state index in [2.05, 4.69) is 9.98 Å². The van der Waals surface area contributed by atoms with Gasteiger partial charge in [-0.1, -0.05) is 0 Å². The fourth-order valence-corrected chi connectivity index (χ4v) is 3.43. The third-order valence-corrected chi connectivity index (χ3v) is 4.79. The number of hydrogen-bond donors (Lipinski definition) is 2. The van der Waals surface area contributed by atoms with E-state index in [1.54, 1.807) is 25.1 Å². The summed E-state index contributed by atoms with van der Waals surface area (Å²) in [6.45, 7) is 1.71. The minimum Gasteiger partial charge on any atom is -0.493 e. The van der Waals surface area contributed by atoms with Gasteiger partial charge in [-0.2, -0.15) is 0 Å². The molecule has 2 N–H and O–H groups in total. The number of carbonyl (C=O) groups is 1. The van der Waals surface area contributed by atoms with Crippen molar-refractivity contribution >= 4 is 39.8 Å². The lowest BCUT2D eigenvalue weighted by Crippen LogP contribution is -2.14. The van der Waals surface area contributed by atoms with Crippen LogP contribution in [-0.2, 0) is 9.53 Å². The third kappa shape index (κ3) is 2.91. The number of pyridine rings is 1. The topological polar surface area (TPSA) is 123 Å². The Bertz CT molecular complexity index is 1310. The molecule has 0 saturated carbocycles. The van der Waals surface area contributed by atoms with Crippen molar-refractivity contribution in [1.82, 2.24) is 4.98 Å². The van der Waals surface area contributed by atoms with Crippen LogP contribution >= 0.6 is 0 Å². The highest BCUT2D eigenvalue weighted by Gasteiger charge is 2.30. The minimum atomic E-state index is -0.649. The molecular formula is C21H18N2O7. The van der Waals surface area contributed by atoms with E-state index in [0.717, 1.165) is 0 Å². The first-order valence-electron chi connectivity index (χ1n) is 8.88. The van der Waals surface area contributed by atoms with Gasteiger partial charge in [0.1, 0.15) is 11.1 Å². The summed E-state index contributed by atoms with van der Waals surface area (Å²) in [4.78, 5) is 31.6. The number of rotatable bonds is 4. The Morgan fingerprint density at radius 1 is 1.17 bits per heavy atom. The average Bonchev–Trinajstić information content (AvgIpc) is 3.23. The van der Waals surface area contributed by atoms with Crippen molar-refractivity contribution in [2.45, 2.75) is 6.92 Å². The van der Waals surface area contributed by atoms with E-state index < -0.39 is 17.5 Å². The van der Waals surface area contributed by atoms with Crippen molar-refractivity contribution in [2.75, 3.05) is 21.3 Å². The molecular weight excluding hydrogens is 392 g/mol. The highest BCUT2D eigenvalue weighted by molar-refractivity contribution is 6.58. The number of aliphatic imine (C=N–C) groups is 1. The molecule has 0 radical (unpaired) electrons. The maximum Gasteiger partial charge on any atom is 0.357 e. The predicted octanol–water partition coefficient (Wildman–Crippen LogP) is 2.95. The summed E-state index contributed by atoms with van der Waals surface area (Å²) >= 11 is 0. The normalized spacial score (nSPS) is 14.0. The number of esters is 1. The summed E-state index contributed by atoms with van der Waals surface area (Å²) in [5.74, 6) is -0.0627. The first-order valence-corrected chi connectivity index (χ1v) is 8.88. The molecule has 0 saturated heterocycles. The van der Waals surface area contributed by atoms with Crippen LogP contribution in [-0.4, -0.2) is 43.1 Å². The van der Waals surface area contributed by atoms with Crippen molar-refractivity contribution in [1.29, 1.82) is 0 Å². The molecule has 0 atom stereocenters. The van der Waals surface area contributed by atoms with Crippen LogP contribution in [0.1, 0.15) is 17.0 Å². The van der Waals surface area contributed by atoms with E-state index in [4.69, 9.17) is 18.6 Å². The zero-order valence-corrected chi connectivity index (χ0v) is 16.7. The van der Waals surface area contributed by atoms with Crippen LogP contribution in [0.3, 0.4) is 0 Å². The number of methoxy groups -OCH3 is 3. The minimum absolute atomic E-state index is 0.0227. The Morgan fingerprint density at radius 3 is 2.53 bits per heavy atom. The SMILES string of the molecule is COC(=O)C1=Nc2cc(OC)c(OC)cc2C1=Cc1oc(O)c2c(=O)[nH]c(C)cc12. The van der Waals surface area contributed by atoms with Gasteiger partial charge in [-0.05, 0) is 25.1 Å². The van der Waals surface area contributed by atoms with Gasteiger partial charge in [0, 0.05) is 28.3 Å². The van der Waals surface area contributed by atoms with Gasteiger partial charge in [-0.3, -0.25) is 4.79 Å². The number of ether oxygens (including phenoxy) is 3. The molecule has 0 spiro atoms. The van der Waals surface area contributed by atoms with Crippen LogP contribution in [0, 0.1) is 6.92 Å². The van der Waals surface area contributed by atoms with Crippen molar-refractivity contribution < 1.29 is 28.5 Å². The number of aryl methyl sites for hydroxylation is 1. The molecule has 2 aromatic heterocycles. The molecule has 0 fully saturated rings. The van der Waals surface area contributed by atoms with E-state index in [-0.39, 0.29) is 16.9 Å². The number of furan rings is 1. The average molecular weight is 410 g/mol. The first-order chi connectivity index (χ1) is 14.4. The summed E-state index contributed by atoms with van der Waals surface area (Å²) in [6, 6.07) is 5.00. The number of benzene rings is 1. The Balaban J connectivity index is 1.99. The Labute approximate surface area is 170 Å². The summed E-state index contributed by atoms with van der Waals surface area (Å²) in [6.07, 6.45) is 1.54. The van der Waals surface area contributed by atoms with Crippen molar-refractivity contribution in [3.05, 3.63) is 45.6 Å². The molecule has 1 aromatic carbocycles. The molecule has 0 aliphatic carbocycles. The monoisotopic (exact) mass is 410 g/mol. The highest BCUT2D eigenvalue weighted by Crippen LogP contribution is 2.44. The zero-order valence-electron chi connectivity index (χ0n) is 16.7. The molecule has 30 heavy (non-hydrogen) atoms. The van der Waals surface area contributed by atoms with E-state index in [1.165, 1.54) is 27.4 Å². The molecule has 3 heterocycles. The molecule has 9 nitrogen and oxygen atoms in total. The number of carbonyl (C=O) groups excluding carboxylic acids is 1. The molecule has 3 aromatic rings. The van der Waals surface area contributed by atoms with Gasteiger partial charge in [0.15, 0.2) is 17.2 Å². The van der Waals surface area contributed by atoms with Gasteiger partial charge < -0.3 is 28.7 Å². The van der Waals surface area contributed by atoms with E-state index in [0.29, 0.717) is 39.4 Å². The van der Waals surface area contributed by atoms with Crippen LogP contribution in [0.4, 0.5) is 5.69 Å². The van der Waals surface area contributed by atoms with Gasteiger partial charge in [-0.25, -0.2) is 9.79 Å². The summed E-state index contributed by atoms with van der Waals surface area (Å²) in [5, 5.41) is 10.6. The number of aromatic amines is 1. The van der Waals surface area contributed by atoms with Crippen LogP contribution in [0.5, 0.6) is 17.4 Å². The van der Waals surface area contributed by atoms with E-state index >= 15 is 0 Å². The van der Waals surface area contributed by atoms with Gasteiger partial charge >= 0.3 is 5.97 Å². The summed E-state index contributed by atoms with van der Waals surface area (Å²) in [5.41, 5.74) is 1.62. The molecule has 9 heteroatoms. The maximum absolute atomic E-state index is 12.4. The zero-order chi connectivity index (χ0) is 21.6. The number of nitrogens with one attached hydrogen (secondary N) is 1. The second-order valence-corrected chi connectivity index (χ2v) is 6.58. The number of aromatic hydroxyl groups is 1. The molecule has 4 rings (SSSR count). The quantitative estimate of drug-likeness (QED) is 0.634. The van der Waals surface area contributed by atoms with Gasteiger partial charge in [0.2, 0.25) is 0 Å². The molecule has 0 amide bonds. The molecule has 1 aliphatic heterocycles. The van der Waals surface area contributed by atoms with Crippen LogP contribution in [0.2, 0.25) is 0 Å². The maximum atomic E-state index is 12.4. The van der Waals surface area contributed by atoms with Gasteiger partial charge in [0.05, 0.1) is 27.0 Å². The van der Waals surface area contributed by atoms with Crippen LogP contribution in [0.25, 0.3) is 22.4 Å². The standard InChI is InChI=1S/C21H18N2O7/c1-9-5-12-14(30-20(25)17(12)19(24)22-9)7-11-10-6-15(27-2)16(28-3)8-13(10)23-18(11)21(26)29-4/h5-8,25H,1-4H3,(H,22,24). The fourth-order valence-electron chi connectivity index (χ4n) is 3.43. The lowest BCUT2D eigenvalue weighted by Gasteiger charge is -2.10. The number of hydrogen-bond acceptors (Lipinski definition) is 8. The Morgan fingerprint density at radius 2 is 1.87 bits per heavy atom. The summed E-state index contributed by atoms with van der Waals surface area (Å²) < 4.78 is 21.0. The molecule has 0 bridgehead atoms.